The Labute approximate surface area is 96.3 Å². The normalized spacial score (nSPS) is 25.1. The molecular formula is C13H19FN2. The first kappa shape index (κ1) is 11.5. The van der Waals surface area contributed by atoms with Crippen molar-refractivity contribution >= 4 is 0 Å². The first-order valence-corrected chi connectivity index (χ1v) is 5.92. The topological polar surface area (TPSA) is 24.9 Å². The van der Waals surface area contributed by atoms with Crippen LogP contribution in [0.5, 0.6) is 0 Å². The molecule has 1 aliphatic rings. The second-order valence-corrected chi connectivity index (χ2v) is 4.87. The third-order valence-corrected chi connectivity index (χ3v) is 3.50. The molecule has 0 aromatic carbocycles. The number of aryl methyl sites for hydroxylation is 1. The molecule has 1 N–H and O–H groups in total. The number of nitrogens with one attached hydrogen (secondary N) is 1. The van der Waals surface area contributed by atoms with E-state index in [0.29, 0.717) is 5.56 Å². The van der Waals surface area contributed by atoms with Crippen LogP contribution >= 0.6 is 0 Å². The van der Waals surface area contributed by atoms with Crippen molar-refractivity contribution in [3.63, 3.8) is 0 Å². The molecule has 1 aromatic heterocycles. The van der Waals surface area contributed by atoms with E-state index < -0.39 is 5.67 Å². The van der Waals surface area contributed by atoms with Crippen molar-refractivity contribution in [2.45, 2.75) is 32.4 Å². The van der Waals surface area contributed by atoms with Gasteiger partial charge in [0.05, 0.1) is 0 Å². The Balaban J connectivity index is 2.22. The first-order valence-electron chi connectivity index (χ1n) is 5.92. The standard InChI is InChI=1S/C13H19FN2/c1-10-6-12(9-16-7-10)13(2,14)11-4-3-5-15-8-11/h6-7,9,11,15H,3-5,8H2,1-2H3. The predicted octanol–water partition coefficient (Wildman–Crippen LogP) is 2.57. The van der Waals surface area contributed by atoms with E-state index in [1.165, 1.54) is 0 Å². The molecule has 0 bridgehead atoms. The molecule has 3 heteroatoms. The van der Waals surface area contributed by atoms with Crippen LogP contribution in [0.3, 0.4) is 0 Å². The van der Waals surface area contributed by atoms with Gasteiger partial charge in [-0.3, -0.25) is 4.98 Å². The molecule has 0 spiro atoms. The average molecular weight is 222 g/mol. The molecule has 2 unspecified atom stereocenters. The van der Waals surface area contributed by atoms with Gasteiger partial charge < -0.3 is 5.32 Å². The average Bonchev–Trinajstić information content (AvgIpc) is 2.30. The Bertz CT molecular complexity index is 357. The van der Waals surface area contributed by atoms with Crippen LogP contribution in [0.15, 0.2) is 18.5 Å². The number of halogens is 1. The molecule has 0 aliphatic carbocycles. The minimum absolute atomic E-state index is 0.0600. The number of nitrogens with zero attached hydrogens (tertiary/aromatic N) is 1. The zero-order valence-corrected chi connectivity index (χ0v) is 9.96. The summed E-state index contributed by atoms with van der Waals surface area (Å²) in [6.07, 6.45) is 5.43. The van der Waals surface area contributed by atoms with Gasteiger partial charge in [-0.1, -0.05) is 0 Å². The fourth-order valence-electron chi connectivity index (χ4n) is 2.37. The monoisotopic (exact) mass is 222 g/mol. The van der Waals surface area contributed by atoms with Crippen molar-refractivity contribution < 1.29 is 4.39 Å². The minimum Gasteiger partial charge on any atom is -0.316 e. The largest absolute Gasteiger partial charge is 0.316 e. The van der Waals surface area contributed by atoms with Gasteiger partial charge in [0.1, 0.15) is 5.67 Å². The van der Waals surface area contributed by atoms with E-state index in [1.807, 2.05) is 13.0 Å². The van der Waals surface area contributed by atoms with Crippen molar-refractivity contribution in [2.75, 3.05) is 13.1 Å². The van der Waals surface area contributed by atoms with Crippen LogP contribution in [0.2, 0.25) is 0 Å². The highest BCUT2D eigenvalue weighted by Gasteiger charge is 2.36. The Kier molecular flexibility index (Phi) is 3.24. The van der Waals surface area contributed by atoms with Gasteiger partial charge in [0.25, 0.3) is 0 Å². The van der Waals surface area contributed by atoms with E-state index in [4.69, 9.17) is 0 Å². The highest BCUT2D eigenvalue weighted by molar-refractivity contribution is 5.23. The second-order valence-electron chi connectivity index (χ2n) is 4.87. The molecule has 2 heterocycles. The molecule has 16 heavy (non-hydrogen) atoms. The summed E-state index contributed by atoms with van der Waals surface area (Å²) in [6.45, 7) is 5.41. The summed E-state index contributed by atoms with van der Waals surface area (Å²) in [7, 11) is 0. The molecule has 2 rings (SSSR count). The molecule has 2 nitrogen and oxygen atoms in total. The van der Waals surface area contributed by atoms with Crippen molar-refractivity contribution in [1.29, 1.82) is 0 Å². The van der Waals surface area contributed by atoms with E-state index in [1.54, 1.807) is 19.3 Å². The molecule has 0 amide bonds. The van der Waals surface area contributed by atoms with Crippen molar-refractivity contribution in [3.8, 4) is 0 Å². The fraction of sp³-hybridized carbons (Fsp3) is 0.615. The smallest absolute Gasteiger partial charge is 0.138 e. The van der Waals surface area contributed by atoms with Gasteiger partial charge in [0.2, 0.25) is 0 Å². The number of hydrogen-bond acceptors (Lipinski definition) is 2. The second kappa shape index (κ2) is 4.50. The van der Waals surface area contributed by atoms with Gasteiger partial charge in [0, 0.05) is 30.4 Å². The number of pyridine rings is 1. The van der Waals surface area contributed by atoms with Gasteiger partial charge in [-0.25, -0.2) is 4.39 Å². The van der Waals surface area contributed by atoms with Crippen LogP contribution in [0, 0.1) is 12.8 Å². The number of hydrogen-bond donors (Lipinski definition) is 1. The Morgan fingerprint density at radius 1 is 1.50 bits per heavy atom. The lowest BCUT2D eigenvalue weighted by Gasteiger charge is -2.34. The number of piperidine rings is 1. The van der Waals surface area contributed by atoms with E-state index in [-0.39, 0.29) is 5.92 Å². The van der Waals surface area contributed by atoms with Crippen LogP contribution in [0.4, 0.5) is 4.39 Å². The molecular weight excluding hydrogens is 203 g/mol. The maximum atomic E-state index is 14.8. The molecule has 1 aromatic rings. The van der Waals surface area contributed by atoms with Crippen molar-refractivity contribution in [1.82, 2.24) is 10.3 Å². The molecule has 0 radical (unpaired) electrons. The van der Waals surface area contributed by atoms with E-state index in [9.17, 15) is 4.39 Å². The Hall–Kier alpha value is -0.960. The lowest BCUT2D eigenvalue weighted by molar-refractivity contribution is 0.0807. The number of aromatic nitrogens is 1. The maximum Gasteiger partial charge on any atom is 0.138 e. The highest BCUT2D eigenvalue weighted by atomic mass is 19.1. The number of alkyl halides is 1. The van der Waals surface area contributed by atoms with Gasteiger partial charge in [0.15, 0.2) is 0 Å². The predicted molar refractivity (Wildman–Crippen MR) is 63.0 cm³/mol. The molecule has 2 atom stereocenters. The summed E-state index contributed by atoms with van der Waals surface area (Å²) in [6, 6.07) is 1.90. The summed E-state index contributed by atoms with van der Waals surface area (Å²) >= 11 is 0. The Morgan fingerprint density at radius 3 is 2.94 bits per heavy atom. The summed E-state index contributed by atoms with van der Waals surface area (Å²) in [5.74, 6) is 0.0600. The quantitative estimate of drug-likeness (QED) is 0.832. The lowest BCUT2D eigenvalue weighted by Crippen LogP contribution is -2.40. The van der Waals surface area contributed by atoms with Crippen LogP contribution < -0.4 is 5.32 Å². The van der Waals surface area contributed by atoms with Crippen LogP contribution in [-0.2, 0) is 5.67 Å². The molecule has 1 fully saturated rings. The summed E-state index contributed by atoms with van der Waals surface area (Å²) in [5.41, 5.74) is 0.457. The fourth-order valence-corrected chi connectivity index (χ4v) is 2.37. The van der Waals surface area contributed by atoms with Crippen molar-refractivity contribution in [2.24, 2.45) is 5.92 Å². The highest BCUT2D eigenvalue weighted by Crippen LogP contribution is 2.37. The summed E-state index contributed by atoms with van der Waals surface area (Å²) < 4.78 is 14.8. The van der Waals surface area contributed by atoms with Crippen molar-refractivity contribution in [3.05, 3.63) is 29.6 Å². The molecule has 1 aliphatic heterocycles. The maximum absolute atomic E-state index is 14.8. The van der Waals surface area contributed by atoms with E-state index >= 15 is 0 Å². The molecule has 1 saturated heterocycles. The van der Waals surface area contributed by atoms with Gasteiger partial charge in [-0.15, -0.1) is 0 Å². The number of rotatable bonds is 2. The summed E-state index contributed by atoms with van der Waals surface area (Å²) in [5, 5.41) is 3.26. The van der Waals surface area contributed by atoms with E-state index in [2.05, 4.69) is 10.3 Å². The minimum atomic E-state index is -1.27. The third kappa shape index (κ3) is 2.24. The van der Waals surface area contributed by atoms with Gasteiger partial charge in [-0.05, 0) is 44.9 Å². The van der Waals surface area contributed by atoms with Gasteiger partial charge in [-0.2, -0.15) is 0 Å². The first-order chi connectivity index (χ1) is 7.60. The Morgan fingerprint density at radius 2 is 2.31 bits per heavy atom. The van der Waals surface area contributed by atoms with Crippen LogP contribution in [0.1, 0.15) is 30.9 Å². The van der Waals surface area contributed by atoms with Gasteiger partial charge >= 0.3 is 0 Å². The lowest BCUT2D eigenvalue weighted by atomic mass is 9.80. The molecule has 88 valence electrons. The molecule has 0 saturated carbocycles. The third-order valence-electron chi connectivity index (χ3n) is 3.50. The summed E-state index contributed by atoms with van der Waals surface area (Å²) in [4.78, 5) is 4.08. The van der Waals surface area contributed by atoms with Crippen LogP contribution in [0.25, 0.3) is 0 Å². The van der Waals surface area contributed by atoms with E-state index in [0.717, 1.165) is 31.5 Å². The SMILES string of the molecule is Cc1cncc(C(C)(F)C2CCCNC2)c1. The van der Waals surface area contributed by atoms with Crippen LogP contribution in [-0.4, -0.2) is 18.1 Å². The zero-order valence-electron chi connectivity index (χ0n) is 9.96. The zero-order chi connectivity index (χ0) is 11.6.